The predicted molar refractivity (Wildman–Crippen MR) is 59.3 cm³/mol. The molecule has 2 saturated heterocycles. The Morgan fingerprint density at radius 2 is 1.17 bits per heavy atom. The van der Waals surface area contributed by atoms with Crippen LogP contribution in [0.15, 0.2) is 0 Å². The topological polar surface area (TPSA) is 115 Å². The highest BCUT2D eigenvalue weighted by molar-refractivity contribution is 8.77. The largest absolute Gasteiger partial charge is 0.278 e. The van der Waals surface area contributed by atoms with Crippen LogP contribution in [0.4, 0.5) is 0 Å². The van der Waals surface area contributed by atoms with Gasteiger partial charge in [-0.3, -0.25) is 29.6 Å². The number of rotatable bonds is 3. The van der Waals surface area contributed by atoms with Gasteiger partial charge in [0, 0.05) is 0 Å². The standard InChI is InChI=1S/C8H8N2O6S2/c11-5-1-3(7(13)9(5)15)17-18-4-2-6(12)10(16)8(4)14/h3-4,15-16H,1-2H2. The minimum Gasteiger partial charge on any atom is -0.278 e. The second-order valence-corrected chi connectivity index (χ2v) is 6.34. The van der Waals surface area contributed by atoms with Gasteiger partial charge in [-0.05, 0) is 0 Å². The second-order valence-electron chi connectivity index (χ2n) is 3.67. The molecule has 8 nitrogen and oxygen atoms in total. The molecule has 2 atom stereocenters. The SMILES string of the molecule is O=C1CC(SSC2CC(=O)N(O)C2=O)C(=O)N1O. The van der Waals surface area contributed by atoms with E-state index in [0.717, 1.165) is 21.6 Å². The summed E-state index contributed by atoms with van der Waals surface area (Å²) < 4.78 is 0. The fraction of sp³-hybridized carbons (Fsp3) is 0.500. The molecule has 0 bridgehead atoms. The van der Waals surface area contributed by atoms with E-state index < -0.39 is 34.1 Å². The van der Waals surface area contributed by atoms with Crippen LogP contribution in [-0.4, -0.2) is 54.7 Å². The van der Waals surface area contributed by atoms with E-state index >= 15 is 0 Å². The molecule has 0 aromatic carbocycles. The highest BCUT2D eigenvalue weighted by Gasteiger charge is 2.43. The van der Waals surface area contributed by atoms with E-state index in [-0.39, 0.29) is 23.0 Å². The van der Waals surface area contributed by atoms with Gasteiger partial charge in [-0.15, -0.1) is 0 Å². The maximum absolute atomic E-state index is 11.3. The maximum Gasteiger partial charge on any atom is 0.267 e. The molecule has 2 unspecified atom stereocenters. The maximum atomic E-state index is 11.3. The fourth-order valence-electron chi connectivity index (χ4n) is 1.47. The number of carbonyl (C=O) groups excluding carboxylic acids is 4. The van der Waals surface area contributed by atoms with Crippen molar-refractivity contribution in [1.82, 2.24) is 10.1 Å². The Morgan fingerprint density at radius 1 is 0.833 bits per heavy atom. The van der Waals surface area contributed by atoms with Crippen LogP contribution in [0.2, 0.25) is 0 Å². The first kappa shape index (κ1) is 13.3. The Hall–Kier alpha value is -1.10. The van der Waals surface area contributed by atoms with Gasteiger partial charge >= 0.3 is 0 Å². The summed E-state index contributed by atoms with van der Waals surface area (Å²) in [5.41, 5.74) is 0. The summed E-state index contributed by atoms with van der Waals surface area (Å²) in [6.07, 6.45) is -0.296. The third-order valence-corrected chi connectivity index (χ3v) is 5.49. The third kappa shape index (κ3) is 2.23. The first-order valence-corrected chi connectivity index (χ1v) is 7.13. The van der Waals surface area contributed by atoms with Gasteiger partial charge in [0.25, 0.3) is 23.6 Å². The minimum atomic E-state index is -0.775. The molecule has 0 aromatic heterocycles. The van der Waals surface area contributed by atoms with Gasteiger partial charge in [0.1, 0.15) is 10.5 Å². The van der Waals surface area contributed by atoms with Crippen LogP contribution >= 0.6 is 21.6 Å². The summed E-state index contributed by atoms with van der Waals surface area (Å²) in [7, 11) is 1.88. The summed E-state index contributed by atoms with van der Waals surface area (Å²) in [5, 5.41) is 16.6. The molecule has 0 radical (unpaired) electrons. The molecule has 10 heteroatoms. The minimum absolute atomic E-state index is 0.0538. The number of amides is 4. The third-order valence-electron chi connectivity index (χ3n) is 2.45. The van der Waals surface area contributed by atoms with E-state index in [4.69, 9.17) is 10.4 Å². The Balaban J connectivity index is 1.90. The average molecular weight is 292 g/mol. The van der Waals surface area contributed by atoms with Gasteiger partial charge in [-0.2, -0.15) is 10.1 Å². The predicted octanol–water partition coefficient (Wildman–Crippen LogP) is -0.599. The van der Waals surface area contributed by atoms with E-state index in [2.05, 4.69) is 0 Å². The lowest BCUT2D eigenvalue weighted by Gasteiger charge is -2.09. The van der Waals surface area contributed by atoms with Crippen LogP contribution < -0.4 is 0 Å². The Morgan fingerprint density at radius 3 is 1.39 bits per heavy atom. The van der Waals surface area contributed by atoms with E-state index in [1.165, 1.54) is 0 Å². The molecular formula is C8H8N2O6S2. The first-order chi connectivity index (χ1) is 8.41. The molecule has 0 spiro atoms. The lowest BCUT2D eigenvalue weighted by Crippen LogP contribution is -2.28. The monoisotopic (exact) mass is 292 g/mol. The van der Waals surface area contributed by atoms with Crippen LogP contribution in [0.25, 0.3) is 0 Å². The Labute approximate surface area is 109 Å². The lowest BCUT2D eigenvalue weighted by atomic mass is 10.4. The molecule has 2 N–H and O–H groups in total. The normalized spacial score (nSPS) is 28.8. The molecule has 2 fully saturated rings. The Kier molecular flexibility index (Phi) is 3.61. The molecule has 18 heavy (non-hydrogen) atoms. The average Bonchev–Trinajstić information content (AvgIpc) is 2.72. The highest BCUT2D eigenvalue weighted by Crippen LogP contribution is 2.39. The van der Waals surface area contributed by atoms with Gasteiger partial charge in [0.15, 0.2) is 0 Å². The van der Waals surface area contributed by atoms with Crippen LogP contribution in [0.1, 0.15) is 12.8 Å². The summed E-state index contributed by atoms with van der Waals surface area (Å²) in [6, 6.07) is 0. The molecule has 2 rings (SSSR count). The van der Waals surface area contributed by atoms with Crippen molar-refractivity contribution in [2.24, 2.45) is 0 Å². The fourth-order valence-corrected chi connectivity index (χ4v) is 4.23. The Bertz CT molecular complexity index is 401. The first-order valence-electron chi connectivity index (χ1n) is 4.85. The molecule has 4 amide bonds. The number of carbonyl (C=O) groups is 4. The second kappa shape index (κ2) is 4.88. The van der Waals surface area contributed by atoms with E-state index in [1.807, 2.05) is 0 Å². The molecule has 0 aromatic rings. The number of hydroxylamine groups is 4. The number of nitrogens with zero attached hydrogens (tertiary/aromatic N) is 2. The van der Waals surface area contributed by atoms with Crippen molar-refractivity contribution in [3.05, 3.63) is 0 Å². The van der Waals surface area contributed by atoms with E-state index in [1.54, 1.807) is 0 Å². The molecule has 2 heterocycles. The molecule has 0 aliphatic carbocycles. The zero-order valence-corrected chi connectivity index (χ0v) is 10.4. The van der Waals surface area contributed by atoms with Crippen molar-refractivity contribution >= 4 is 45.2 Å². The van der Waals surface area contributed by atoms with Crippen LogP contribution in [-0.2, 0) is 19.2 Å². The molecule has 2 aliphatic rings. The summed E-state index contributed by atoms with van der Waals surface area (Å²) in [4.78, 5) is 44.7. The van der Waals surface area contributed by atoms with Crippen molar-refractivity contribution in [3.8, 4) is 0 Å². The van der Waals surface area contributed by atoms with Crippen molar-refractivity contribution in [2.75, 3.05) is 0 Å². The van der Waals surface area contributed by atoms with Gasteiger partial charge < -0.3 is 0 Å². The van der Waals surface area contributed by atoms with Crippen molar-refractivity contribution in [3.63, 3.8) is 0 Å². The summed E-state index contributed by atoms with van der Waals surface area (Å²) in [6.45, 7) is 0. The lowest BCUT2D eigenvalue weighted by molar-refractivity contribution is -0.172. The van der Waals surface area contributed by atoms with E-state index in [9.17, 15) is 19.2 Å². The smallest absolute Gasteiger partial charge is 0.267 e. The molecule has 98 valence electrons. The molecular weight excluding hydrogens is 284 g/mol. The summed E-state index contributed by atoms with van der Waals surface area (Å²) in [5.74, 6) is -2.88. The van der Waals surface area contributed by atoms with Gasteiger partial charge in [-0.25, -0.2) is 0 Å². The highest BCUT2D eigenvalue weighted by atomic mass is 33.1. The number of hydrogen-bond donors (Lipinski definition) is 2. The van der Waals surface area contributed by atoms with Crippen molar-refractivity contribution in [1.29, 1.82) is 0 Å². The zero-order valence-electron chi connectivity index (χ0n) is 8.81. The van der Waals surface area contributed by atoms with Gasteiger partial charge in [-0.1, -0.05) is 21.6 Å². The van der Waals surface area contributed by atoms with Crippen LogP contribution in [0.5, 0.6) is 0 Å². The zero-order chi connectivity index (χ0) is 13.4. The van der Waals surface area contributed by atoms with Crippen LogP contribution in [0.3, 0.4) is 0 Å². The van der Waals surface area contributed by atoms with Crippen LogP contribution in [0, 0.1) is 0 Å². The van der Waals surface area contributed by atoms with Crippen molar-refractivity contribution < 1.29 is 29.6 Å². The number of imide groups is 2. The van der Waals surface area contributed by atoms with Crippen molar-refractivity contribution in [2.45, 2.75) is 23.3 Å². The molecule has 0 saturated carbocycles. The number of hydrogen-bond acceptors (Lipinski definition) is 8. The summed E-state index contributed by atoms with van der Waals surface area (Å²) >= 11 is 0. The molecule has 2 aliphatic heterocycles. The quantitative estimate of drug-likeness (QED) is 0.402. The van der Waals surface area contributed by atoms with Gasteiger partial charge in [0.05, 0.1) is 12.8 Å². The van der Waals surface area contributed by atoms with E-state index in [0.29, 0.717) is 0 Å². The van der Waals surface area contributed by atoms with Gasteiger partial charge in [0.2, 0.25) is 0 Å².